The third-order valence-corrected chi connectivity index (χ3v) is 10.3. The van der Waals surface area contributed by atoms with Crippen LogP contribution in [0.1, 0.15) is 54.4 Å². The van der Waals surface area contributed by atoms with E-state index in [-0.39, 0.29) is 22.3 Å². The Morgan fingerprint density at radius 2 is 1.81 bits per heavy atom. The molecule has 1 fully saturated rings. The highest BCUT2D eigenvalue weighted by atomic mass is 28.4. The summed E-state index contributed by atoms with van der Waals surface area (Å²) in [6.07, 6.45) is 1.52. The molecule has 0 unspecified atom stereocenters. The van der Waals surface area contributed by atoms with Crippen LogP contribution < -0.4 is 0 Å². The summed E-state index contributed by atoms with van der Waals surface area (Å²) >= 11 is 0. The molecule has 0 saturated heterocycles. The summed E-state index contributed by atoms with van der Waals surface area (Å²) in [5, 5.41) is 20.3. The molecule has 0 heterocycles. The summed E-state index contributed by atoms with van der Waals surface area (Å²) in [7, 11) is -1.76. The maximum absolute atomic E-state index is 10.8. The van der Waals surface area contributed by atoms with Crippen LogP contribution in [0.25, 0.3) is 0 Å². The lowest BCUT2D eigenvalue weighted by atomic mass is 9.51. The fourth-order valence-electron chi connectivity index (χ4n) is 2.95. The largest absolute Gasteiger partial charge is 0.417 e. The molecule has 0 amide bonds. The maximum atomic E-state index is 10.8. The molecule has 0 aromatic heterocycles. The van der Waals surface area contributed by atoms with Crippen molar-refractivity contribution in [2.24, 2.45) is 17.3 Å². The second kappa shape index (κ2) is 5.68. The lowest BCUT2D eigenvalue weighted by molar-refractivity contribution is -0.123. The Labute approximate surface area is 131 Å². The number of nitriles is 1. The number of rotatable bonds is 5. The fraction of sp³-hybridized carbons (Fsp3) is 0.941. The van der Waals surface area contributed by atoms with Crippen LogP contribution in [0.3, 0.4) is 0 Å². The van der Waals surface area contributed by atoms with Crippen LogP contribution in [-0.2, 0) is 4.43 Å². The Balaban J connectivity index is 2.58. The van der Waals surface area contributed by atoms with E-state index in [2.05, 4.69) is 53.8 Å². The first kappa shape index (κ1) is 18.7. The third-order valence-electron chi connectivity index (χ3n) is 5.81. The molecular formula is C17H33NO2Si. The zero-order chi connectivity index (χ0) is 16.7. The van der Waals surface area contributed by atoms with Crippen LogP contribution in [0.2, 0.25) is 18.1 Å². The number of aliphatic hydroxyl groups is 1. The Bertz CT molecular complexity index is 415. The molecule has 1 saturated carbocycles. The van der Waals surface area contributed by atoms with Gasteiger partial charge in [-0.05, 0) is 43.3 Å². The van der Waals surface area contributed by atoms with Gasteiger partial charge in [-0.25, -0.2) is 0 Å². The summed E-state index contributed by atoms with van der Waals surface area (Å²) in [6.45, 7) is 17.8. The lowest BCUT2D eigenvalue weighted by Gasteiger charge is -2.53. The highest BCUT2D eigenvalue weighted by Crippen LogP contribution is 2.55. The van der Waals surface area contributed by atoms with Crippen molar-refractivity contribution >= 4 is 8.32 Å². The van der Waals surface area contributed by atoms with E-state index in [0.717, 1.165) is 6.42 Å². The molecular weight excluding hydrogens is 278 g/mol. The molecule has 4 heteroatoms. The topological polar surface area (TPSA) is 53.2 Å². The molecule has 3 atom stereocenters. The van der Waals surface area contributed by atoms with Crippen LogP contribution in [0.4, 0.5) is 0 Å². The van der Waals surface area contributed by atoms with Crippen molar-refractivity contribution in [3.63, 3.8) is 0 Å². The van der Waals surface area contributed by atoms with Crippen LogP contribution in [0.15, 0.2) is 0 Å². The zero-order valence-corrected chi connectivity index (χ0v) is 16.1. The maximum Gasteiger partial charge on any atom is 0.191 e. The predicted octanol–water partition coefficient (Wildman–Crippen LogP) is 4.34. The fourth-order valence-corrected chi connectivity index (χ4v) is 4.00. The first-order chi connectivity index (χ1) is 9.24. The van der Waals surface area contributed by atoms with Crippen molar-refractivity contribution in [2.45, 2.75) is 78.1 Å². The normalized spacial score (nSPS) is 28.4. The molecule has 21 heavy (non-hydrogen) atoms. The average molecular weight is 312 g/mol. The molecule has 3 nitrogen and oxygen atoms in total. The first-order valence-corrected chi connectivity index (χ1v) is 10.9. The predicted molar refractivity (Wildman–Crippen MR) is 89.4 cm³/mol. The summed E-state index contributed by atoms with van der Waals surface area (Å²) in [5.74, 6) is 0.0147. The average Bonchev–Trinajstić information content (AvgIpc) is 2.24. The van der Waals surface area contributed by atoms with Crippen molar-refractivity contribution in [3.8, 4) is 6.07 Å². The van der Waals surface area contributed by atoms with Gasteiger partial charge in [0.15, 0.2) is 8.32 Å². The van der Waals surface area contributed by atoms with Gasteiger partial charge in [0.05, 0.1) is 17.6 Å². The minimum Gasteiger partial charge on any atom is -0.417 e. The first-order valence-electron chi connectivity index (χ1n) is 8.00. The van der Waals surface area contributed by atoms with Crippen molar-refractivity contribution in [1.82, 2.24) is 0 Å². The van der Waals surface area contributed by atoms with Gasteiger partial charge in [-0.3, -0.25) is 0 Å². The summed E-state index contributed by atoms with van der Waals surface area (Å²) < 4.78 is 6.17. The van der Waals surface area contributed by atoms with E-state index < -0.39 is 13.9 Å². The minimum absolute atomic E-state index is 0.0314. The molecule has 0 aromatic carbocycles. The van der Waals surface area contributed by atoms with Gasteiger partial charge in [-0.2, -0.15) is 5.26 Å². The van der Waals surface area contributed by atoms with Gasteiger partial charge in [0.2, 0.25) is 0 Å². The molecule has 0 bridgehead atoms. The molecule has 0 aromatic rings. The summed E-state index contributed by atoms with van der Waals surface area (Å²) in [4.78, 5) is 0. The monoisotopic (exact) mass is 311 g/mol. The SMILES string of the molecule is CC1(C)C[C@H]([C@](C)(O)CCO[Si](C)(C)C(C)(C)C)[C@H]1C#N. The highest BCUT2D eigenvalue weighted by Gasteiger charge is 2.54. The van der Waals surface area contributed by atoms with Gasteiger partial charge in [-0.1, -0.05) is 34.6 Å². The second-order valence-electron chi connectivity index (χ2n) is 9.12. The number of hydrogen-bond donors (Lipinski definition) is 1. The van der Waals surface area contributed by atoms with E-state index in [0.29, 0.717) is 13.0 Å². The highest BCUT2D eigenvalue weighted by molar-refractivity contribution is 6.74. The van der Waals surface area contributed by atoms with Crippen molar-refractivity contribution < 1.29 is 9.53 Å². The lowest BCUT2D eigenvalue weighted by Crippen LogP contribution is -2.54. The molecule has 1 rings (SSSR count). The molecule has 1 aliphatic carbocycles. The quantitative estimate of drug-likeness (QED) is 0.769. The molecule has 0 aliphatic heterocycles. The number of hydrogen-bond acceptors (Lipinski definition) is 3. The Kier molecular flexibility index (Phi) is 5.05. The van der Waals surface area contributed by atoms with E-state index in [1.165, 1.54) is 0 Å². The van der Waals surface area contributed by atoms with Crippen LogP contribution in [0, 0.1) is 28.6 Å². The Hall–Kier alpha value is -0.373. The Morgan fingerprint density at radius 1 is 1.29 bits per heavy atom. The van der Waals surface area contributed by atoms with Crippen molar-refractivity contribution in [1.29, 1.82) is 5.26 Å². The smallest absolute Gasteiger partial charge is 0.191 e. The van der Waals surface area contributed by atoms with Gasteiger partial charge >= 0.3 is 0 Å². The Morgan fingerprint density at radius 3 is 2.19 bits per heavy atom. The van der Waals surface area contributed by atoms with Gasteiger partial charge in [0, 0.05) is 12.5 Å². The van der Waals surface area contributed by atoms with E-state index in [4.69, 9.17) is 4.43 Å². The van der Waals surface area contributed by atoms with Crippen molar-refractivity contribution in [2.75, 3.05) is 6.61 Å². The zero-order valence-electron chi connectivity index (χ0n) is 15.1. The second-order valence-corrected chi connectivity index (χ2v) is 13.9. The van der Waals surface area contributed by atoms with Gasteiger partial charge < -0.3 is 9.53 Å². The summed E-state index contributed by atoms with van der Waals surface area (Å²) in [6, 6.07) is 2.39. The van der Waals surface area contributed by atoms with E-state index in [9.17, 15) is 10.4 Å². The van der Waals surface area contributed by atoms with Crippen LogP contribution >= 0.6 is 0 Å². The molecule has 1 N–H and O–H groups in total. The molecule has 122 valence electrons. The van der Waals surface area contributed by atoms with Gasteiger partial charge in [-0.15, -0.1) is 0 Å². The standard InChI is InChI=1S/C17H33NO2Si/c1-15(2,3)21(7,8)20-10-9-17(6,19)13-11-16(4,5)14(13)12-18/h13-14,19H,9-11H2,1-8H3/t13-,14+,17+/m0/s1. The summed E-state index contributed by atoms with van der Waals surface area (Å²) in [5.41, 5.74) is -0.776. The number of nitrogens with zero attached hydrogens (tertiary/aromatic N) is 1. The minimum atomic E-state index is -1.76. The third kappa shape index (κ3) is 3.88. The van der Waals surface area contributed by atoms with Gasteiger partial charge in [0.1, 0.15) is 0 Å². The van der Waals surface area contributed by atoms with Crippen LogP contribution in [0.5, 0.6) is 0 Å². The molecule has 1 aliphatic rings. The van der Waals surface area contributed by atoms with Gasteiger partial charge in [0.25, 0.3) is 0 Å². The van der Waals surface area contributed by atoms with E-state index in [1.54, 1.807) is 0 Å². The molecule has 0 radical (unpaired) electrons. The van der Waals surface area contributed by atoms with E-state index in [1.807, 2.05) is 6.92 Å². The van der Waals surface area contributed by atoms with Crippen LogP contribution in [-0.4, -0.2) is 25.6 Å². The molecule has 0 spiro atoms. The van der Waals surface area contributed by atoms with E-state index >= 15 is 0 Å². The van der Waals surface area contributed by atoms with Crippen molar-refractivity contribution in [3.05, 3.63) is 0 Å².